The zero-order valence-electron chi connectivity index (χ0n) is 16.5. The van der Waals surface area contributed by atoms with Crippen molar-refractivity contribution in [2.45, 2.75) is 18.9 Å². The third kappa shape index (κ3) is 3.95. The van der Waals surface area contributed by atoms with Crippen LogP contribution in [0.25, 0.3) is 10.2 Å². The van der Waals surface area contributed by atoms with Gasteiger partial charge in [0.15, 0.2) is 22.4 Å². The Hall–Kier alpha value is -2.78. The van der Waals surface area contributed by atoms with E-state index in [1.54, 1.807) is 18.2 Å². The number of aromatic nitrogens is 1. The average molecular weight is 434 g/mol. The van der Waals surface area contributed by atoms with Gasteiger partial charge in [-0.15, -0.1) is 0 Å². The topological polar surface area (TPSA) is 60.9 Å². The summed E-state index contributed by atoms with van der Waals surface area (Å²) >= 11 is 1.06. The summed E-state index contributed by atoms with van der Waals surface area (Å²) in [6.07, 6.45) is 1.56. The van der Waals surface area contributed by atoms with Gasteiger partial charge in [0, 0.05) is 18.2 Å². The molecule has 0 bridgehead atoms. The number of benzene rings is 2. The van der Waals surface area contributed by atoms with E-state index in [-0.39, 0.29) is 29.2 Å². The van der Waals surface area contributed by atoms with Gasteiger partial charge in [-0.3, -0.25) is 9.69 Å². The number of nitrogens with zero attached hydrogens (tertiary/aromatic N) is 2. The molecular weight excluding hydrogens is 414 g/mol. The lowest BCUT2D eigenvalue weighted by atomic mass is 10.1. The van der Waals surface area contributed by atoms with E-state index in [1.165, 1.54) is 25.2 Å². The number of methoxy groups -OCH3 is 2. The number of thiazole rings is 1. The fourth-order valence-electron chi connectivity index (χ4n) is 3.43. The molecule has 4 rings (SSSR count). The first-order valence-corrected chi connectivity index (χ1v) is 10.2. The first kappa shape index (κ1) is 20.5. The van der Waals surface area contributed by atoms with E-state index in [9.17, 15) is 13.6 Å². The second-order valence-electron chi connectivity index (χ2n) is 6.85. The second kappa shape index (κ2) is 8.53. The van der Waals surface area contributed by atoms with Crippen molar-refractivity contribution >= 4 is 32.6 Å². The quantitative estimate of drug-likeness (QED) is 0.575. The van der Waals surface area contributed by atoms with Gasteiger partial charge in [-0.1, -0.05) is 11.3 Å². The molecule has 0 saturated carbocycles. The minimum absolute atomic E-state index is 0.0360. The van der Waals surface area contributed by atoms with Gasteiger partial charge in [0.25, 0.3) is 5.91 Å². The molecule has 158 valence electrons. The Bertz CT molecular complexity index is 1080. The summed E-state index contributed by atoms with van der Waals surface area (Å²) in [5, 5.41) is 0.282. The highest BCUT2D eigenvalue weighted by Crippen LogP contribution is 2.34. The summed E-state index contributed by atoms with van der Waals surface area (Å²) in [4.78, 5) is 19.1. The number of hydrogen-bond donors (Lipinski definition) is 0. The van der Waals surface area contributed by atoms with Crippen molar-refractivity contribution in [2.75, 3.05) is 32.3 Å². The summed E-state index contributed by atoms with van der Waals surface area (Å²) in [7, 11) is 3.00. The molecular formula is C21H20F2N2O4S. The van der Waals surface area contributed by atoms with Crippen LogP contribution in [0.2, 0.25) is 0 Å². The Balaban J connectivity index is 1.74. The molecule has 1 aliphatic heterocycles. The van der Waals surface area contributed by atoms with E-state index < -0.39 is 11.6 Å². The van der Waals surface area contributed by atoms with Gasteiger partial charge in [-0.05, 0) is 37.1 Å². The minimum Gasteiger partial charge on any atom is -0.493 e. The summed E-state index contributed by atoms with van der Waals surface area (Å²) < 4.78 is 44.4. The van der Waals surface area contributed by atoms with Crippen LogP contribution in [-0.2, 0) is 4.74 Å². The zero-order chi connectivity index (χ0) is 21.3. The summed E-state index contributed by atoms with van der Waals surface area (Å²) in [6, 6.07) is 6.85. The highest BCUT2D eigenvalue weighted by molar-refractivity contribution is 7.22. The van der Waals surface area contributed by atoms with E-state index in [0.29, 0.717) is 28.4 Å². The number of ether oxygens (including phenoxy) is 3. The maximum atomic E-state index is 14.2. The standard InChI is InChI=1S/C21H20F2N2O4S/c1-27-16-6-5-12(8-17(16)28-2)20(26)25(11-14-4-3-7-29-14)21-24-19-15(23)9-13(22)10-18(19)30-21/h5-6,8-10,14H,3-4,7,11H2,1-2H3. The number of fused-ring (bicyclic) bond motifs is 1. The molecule has 1 atom stereocenters. The molecule has 0 spiro atoms. The predicted octanol–water partition coefficient (Wildman–Crippen LogP) is 4.42. The lowest BCUT2D eigenvalue weighted by molar-refractivity contribution is 0.0917. The predicted molar refractivity (Wildman–Crippen MR) is 110 cm³/mol. The highest BCUT2D eigenvalue weighted by atomic mass is 32.1. The molecule has 1 fully saturated rings. The molecule has 2 heterocycles. The Kier molecular flexibility index (Phi) is 5.83. The number of carbonyl (C=O) groups excluding carboxylic acids is 1. The molecule has 1 aliphatic rings. The van der Waals surface area contributed by atoms with Crippen molar-refractivity contribution in [1.29, 1.82) is 0 Å². The van der Waals surface area contributed by atoms with Crippen molar-refractivity contribution in [1.82, 2.24) is 4.98 Å². The lowest BCUT2D eigenvalue weighted by Crippen LogP contribution is -2.37. The molecule has 1 saturated heterocycles. The molecule has 1 aromatic heterocycles. The van der Waals surface area contributed by atoms with E-state index in [4.69, 9.17) is 14.2 Å². The molecule has 9 heteroatoms. The van der Waals surface area contributed by atoms with Crippen LogP contribution < -0.4 is 14.4 Å². The van der Waals surface area contributed by atoms with Gasteiger partial charge in [-0.2, -0.15) is 0 Å². The first-order valence-electron chi connectivity index (χ1n) is 9.41. The highest BCUT2D eigenvalue weighted by Gasteiger charge is 2.28. The summed E-state index contributed by atoms with van der Waals surface area (Å²) in [5.74, 6) is -0.878. The van der Waals surface area contributed by atoms with Crippen LogP contribution in [0.5, 0.6) is 11.5 Å². The molecule has 0 radical (unpaired) electrons. The van der Waals surface area contributed by atoms with Crippen LogP contribution in [-0.4, -0.2) is 44.4 Å². The minimum atomic E-state index is -0.761. The molecule has 0 N–H and O–H groups in total. The summed E-state index contributed by atoms with van der Waals surface area (Å²) in [5.41, 5.74) is 0.394. The van der Waals surface area contributed by atoms with Crippen molar-refractivity contribution in [2.24, 2.45) is 0 Å². The summed E-state index contributed by atoms with van der Waals surface area (Å²) in [6.45, 7) is 0.889. The van der Waals surface area contributed by atoms with Gasteiger partial charge in [0.05, 0.1) is 31.6 Å². The smallest absolute Gasteiger partial charge is 0.260 e. The average Bonchev–Trinajstić information content (AvgIpc) is 3.40. The van der Waals surface area contributed by atoms with Gasteiger partial charge in [0.2, 0.25) is 0 Å². The van der Waals surface area contributed by atoms with Crippen molar-refractivity contribution in [3.63, 3.8) is 0 Å². The Morgan fingerprint density at radius 2 is 2.03 bits per heavy atom. The van der Waals surface area contributed by atoms with Crippen LogP contribution in [0.15, 0.2) is 30.3 Å². The van der Waals surface area contributed by atoms with Crippen LogP contribution in [0.3, 0.4) is 0 Å². The number of halogens is 2. The monoisotopic (exact) mass is 434 g/mol. The number of amides is 1. The maximum Gasteiger partial charge on any atom is 0.260 e. The van der Waals surface area contributed by atoms with Crippen molar-refractivity contribution in [3.05, 3.63) is 47.5 Å². The third-order valence-electron chi connectivity index (χ3n) is 4.92. The number of carbonyl (C=O) groups is 1. The van der Waals surface area contributed by atoms with Crippen molar-refractivity contribution in [3.8, 4) is 11.5 Å². The van der Waals surface area contributed by atoms with Gasteiger partial charge in [0.1, 0.15) is 11.3 Å². The van der Waals surface area contributed by atoms with Crippen LogP contribution in [0, 0.1) is 11.6 Å². The SMILES string of the molecule is COc1ccc(C(=O)N(CC2CCCO2)c2nc3c(F)cc(F)cc3s2)cc1OC. The molecule has 1 unspecified atom stereocenters. The molecule has 2 aromatic carbocycles. The fourth-order valence-corrected chi connectivity index (χ4v) is 4.44. The Morgan fingerprint density at radius 3 is 2.73 bits per heavy atom. The molecule has 30 heavy (non-hydrogen) atoms. The first-order chi connectivity index (χ1) is 14.5. The van der Waals surface area contributed by atoms with Gasteiger partial charge in [-0.25, -0.2) is 13.8 Å². The Labute approximate surface area is 176 Å². The number of rotatable bonds is 6. The van der Waals surface area contributed by atoms with Crippen LogP contribution >= 0.6 is 11.3 Å². The lowest BCUT2D eigenvalue weighted by Gasteiger charge is -2.23. The van der Waals surface area contributed by atoms with E-state index in [2.05, 4.69) is 4.98 Å². The molecule has 3 aromatic rings. The van der Waals surface area contributed by atoms with E-state index in [0.717, 1.165) is 30.2 Å². The molecule has 0 aliphatic carbocycles. The largest absolute Gasteiger partial charge is 0.493 e. The maximum absolute atomic E-state index is 14.2. The van der Waals surface area contributed by atoms with Gasteiger partial charge < -0.3 is 14.2 Å². The molecule has 6 nitrogen and oxygen atoms in total. The number of anilines is 1. The zero-order valence-corrected chi connectivity index (χ0v) is 17.3. The normalized spacial score (nSPS) is 16.1. The fraction of sp³-hybridized carbons (Fsp3) is 0.333. The van der Waals surface area contributed by atoms with Crippen LogP contribution in [0.1, 0.15) is 23.2 Å². The third-order valence-corrected chi connectivity index (χ3v) is 5.94. The second-order valence-corrected chi connectivity index (χ2v) is 7.86. The van der Waals surface area contributed by atoms with E-state index >= 15 is 0 Å². The number of hydrogen-bond acceptors (Lipinski definition) is 6. The van der Waals surface area contributed by atoms with Gasteiger partial charge >= 0.3 is 0 Å². The van der Waals surface area contributed by atoms with Crippen molar-refractivity contribution < 1.29 is 27.8 Å². The molecule has 1 amide bonds. The van der Waals surface area contributed by atoms with E-state index in [1.807, 2.05) is 0 Å². The Morgan fingerprint density at radius 1 is 1.23 bits per heavy atom. The van der Waals surface area contributed by atoms with Crippen LogP contribution in [0.4, 0.5) is 13.9 Å².